The number of likely N-dealkylation sites (tertiary alicyclic amines) is 1. The average molecular weight is 300 g/mol. The second-order valence-electron chi connectivity index (χ2n) is 5.86. The van der Waals surface area contributed by atoms with Gasteiger partial charge in [-0.2, -0.15) is 0 Å². The zero-order valence-corrected chi connectivity index (χ0v) is 12.6. The molecule has 0 spiro atoms. The Labute approximate surface area is 124 Å². The van der Waals surface area contributed by atoms with Crippen molar-refractivity contribution in [3.8, 4) is 5.75 Å². The Morgan fingerprint density at radius 1 is 1.29 bits per heavy atom. The first kappa shape index (κ1) is 16.2. The number of hydrogen-bond donors (Lipinski definition) is 0. The number of nitrogens with zero attached hydrogens (tertiary/aromatic N) is 1. The Morgan fingerprint density at radius 3 is 2.67 bits per heavy atom. The number of halogens is 3. The summed E-state index contributed by atoms with van der Waals surface area (Å²) >= 11 is 0. The first-order chi connectivity index (χ1) is 9.88. The smallest absolute Gasteiger partial charge is 0.494 e. The minimum atomic E-state index is -4.94. The van der Waals surface area contributed by atoms with Gasteiger partial charge in [0.05, 0.1) is 6.61 Å². The second-order valence-corrected chi connectivity index (χ2v) is 5.86. The molecule has 0 bridgehead atoms. The van der Waals surface area contributed by atoms with E-state index in [0.29, 0.717) is 18.4 Å². The van der Waals surface area contributed by atoms with E-state index in [2.05, 4.69) is 11.9 Å². The predicted molar refractivity (Wildman–Crippen MR) is 80.3 cm³/mol. The van der Waals surface area contributed by atoms with Gasteiger partial charge in [-0.25, -0.2) is 0 Å². The molecular formula is C15H22BF3NO-. The van der Waals surface area contributed by atoms with Crippen LogP contribution in [0.15, 0.2) is 18.2 Å². The monoisotopic (exact) mass is 300 g/mol. The van der Waals surface area contributed by atoms with E-state index in [-0.39, 0.29) is 5.56 Å². The third-order valence-corrected chi connectivity index (χ3v) is 4.24. The van der Waals surface area contributed by atoms with Crippen LogP contribution in [0, 0.1) is 6.92 Å². The number of aryl methyl sites for hydroxylation is 1. The fourth-order valence-corrected chi connectivity index (χ4v) is 2.93. The molecule has 1 fully saturated rings. The molecule has 1 aliphatic rings. The SMILES string of the molecule is Cc1cc(OCCC2CCCCN2C)ccc1[B-](F)(F)F. The number of piperidine rings is 1. The van der Waals surface area contributed by atoms with E-state index in [1.54, 1.807) is 0 Å². The second kappa shape index (κ2) is 6.73. The van der Waals surface area contributed by atoms with E-state index < -0.39 is 12.4 Å². The molecule has 1 saturated heterocycles. The number of benzene rings is 1. The molecule has 2 nitrogen and oxygen atoms in total. The summed E-state index contributed by atoms with van der Waals surface area (Å²) in [6.45, 7) is -1.80. The van der Waals surface area contributed by atoms with E-state index >= 15 is 0 Å². The van der Waals surface area contributed by atoms with Gasteiger partial charge >= 0.3 is 6.98 Å². The molecule has 0 aliphatic carbocycles. The summed E-state index contributed by atoms with van der Waals surface area (Å²) in [5.41, 5.74) is -0.302. The van der Waals surface area contributed by atoms with E-state index in [4.69, 9.17) is 4.74 Å². The Bertz CT molecular complexity index is 478. The van der Waals surface area contributed by atoms with E-state index in [0.717, 1.165) is 19.0 Å². The molecule has 0 saturated carbocycles. The summed E-state index contributed by atoms with van der Waals surface area (Å²) in [5.74, 6) is 0.523. The fraction of sp³-hybridized carbons (Fsp3) is 0.600. The van der Waals surface area contributed by atoms with Gasteiger partial charge in [0.1, 0.15) is 5.75 Å². The lowest BCUT2D eigenvalue weighted by molar-refractivity contribution is 0.153. The summed E-state index contributed by atoms with van der Waals surface area (Å²) in [6, 6.07) is 4.55. The van der Waals surface area contributed by atoms with Crippen molar-refractivity contribution in [1.29, 1.82) is 0 Å². The molecule has 1 aromatic rings. The van der Waals surface area contributed by atoms with Gasteiger partial charge in [-0.15, -0.1) is 5.46 Å². The highest BCUT2D eigenvalue weighted by Crippen LogP contribution is 2.20. The standard InChI is InChI=1S/C15H22BF3NO/c1-12-11-14(6-7-15(12)16(17,18)19)21-10-8-13-5-3-4-9-20(13)2/h6-7,11,13H,3-5,8-10H2,1-2H3/q-1. The predicted octanol–water partition coefficient (Wildman–Crippen LogP) is 3.30. The molecule has 0 radical (unpaired) electrons. The Morgan fingerprint density at radius 2 is 2.05 bits per heavy atom. The van der Waals surface area contributed by atoms with Gasteiger partial charge in [0, 0.05) is 6.04 Å². The molecule has 1 unspecified atom stereocenters. The molecular weight excluding hydrogens is 278 g/mol. The van der Waals surface area contributed by atoms with E-state index in [1.165, 1.54) is 38.3 Å². The van der Waals surface area contributed by atoms with Crippen LogP contribution < -0.4 is 10.2 Å². The van der Waals surface area contributed by atoms with Crippen LogP contribution in [0.5, 0.6) is 5.75 Å². The van der Waals surface area contributed by atoms with Crippen LogP contribution in [-0.4, -0.2) is 38.1 Å². The minimum absolute atomic E-state index is 0.231. The number of ether oxygens (including phenoxy) is 1. The molecule has 1 aromatic carbocycles. The third kappa shape index (κ3) is 4.40. The number of hydrogen-bond acceptors (Lipinski definition) is 2. The molecule has 1 atom stereocenters. The van der Waals surface area contributed by atoms with Crippen LogP contribution in [-0.2, 0) is 0 Å². The lowest BCUT2D eigenvalue weighted by atomic mass is 9.77. The van der Waals surface area contributed by atoms with Crippen molar-refractivity contribution in [2.24, 2.45) is 0 Å². The van der Waals surface area contributed by atoms with Crippen molar-refractivity contribution in [3.63, 3.8) is 0 Å². The van der Waals surface area contributed by atoms with Crippen LogP contribution in [0.3, 0.4) is 0 Å². The zero-order valence-electron chi connectivity index (χ0n) is 12.6. The molecule has 1 aliphatic heterocycles. The van der Waals surface area contributed by atoms with Gasteiger partial charge in [-0.05, 0) is 51.9 Å². The Hall–Kier alpha value is -1.17. The summed E-state index contributed by atoms with van der Waals surface area (Å²) in [4.78, 5) is 2.34. The maximum absolute atomic E-state index is 12.7. The minimum Gasteiger partial charge on any atom is -0.494 e. The van der Waals surface area contributed by atoms with Gasteiger partial charge in [-0.3, -0.25) is 0 Å². The van der Waals surface area contributed by atoms with Gasteiger partial charge < -0.3 is 22.6 Å². The summed E-state index contributed by atoms with van der Waals surface area (Å²) in [6.07, 6.45) is 4.58. The topological polar surface area (TPSA) is 12.5 Å². The first-order valence-electron chi connectivity index (χ1n) is 7.51. The fourth-order valence-electron chi connectivity index (χ4n) is 2.93. The van der Waals surface area contributed by atoms with Gasteiger partial charge in [0.15, 0.2) is 0 Å². The molecule has 118 valence electrons. The van der Waals surface area contributed by atoms with E-state index in [1.807, 2.05) is 0 Å². The quantitative estimate of drug-likeness (QED) is 0.774. The van der Waals surface area contributed by atoms with Crippen LogP contribution in [0.1, 0.15) is 31.2 Å². The highest BCUT2D eigenvalue weighted by atomic mass is 19.4. The number of rotatable bonds is 5. The lowest BCUT2D eigenvalue weighted by Gasteiger charge is -2.32. The van der Waals surface area contributed by atoms with Crippen molar-refractivity contribution in [3.05, 3.63) is 23.8 Å². The largest absolute Gasteiger partial charge is 0.509 e. The van der Waals surface area contributed by atoms with Crippen molar-refractivity contribution < 1.29 is 17.7 Å². The van der Waals surface area contributed by atoms with Gasteiger partial charge in [0.25, 0.3) is 0 Å². The van der Waals surface area contributed by atoms with Crippen molar-refractivity contribution >= 4 is 12.4 Å². The molecule has 21 heavy (non-hydrogen) atoms. The third-order valence-electron chi connectivity index (χ3n) is 4.24. The van der Waals surface area contributed by atoms with Gasteiger partial charge in [-0.1, -0.05) is 18.1 Å². The van der Waals surface area contributed by atoms with Crippen molar-refractivity contribution in [1.82, 2.24) is 4.90 Å². The summed E-state index contributed by atoms with van der Waals surface area (Å²) < 4.78 is 43.8. The zero-order chi connectivity index (χ0) is 15.5. The molecule has 0 aromatic heterocycles. The molecule has 6 heteroatoms. The van der Waals surface area contributed by atoms with E-state index in [9.17, 15) is 12.9 Å². The summed E-state index contributed by atoms with van der Waals surface area (Å²) in [7, 11) is 2.12. The Kier molecular flexibility index (Phi) is 5.20. The van der Waals surface area contributed by atoms with Crippen molar-refractivity contribution in [2.75, 3.05) is 20.2 Å². The maximum Gasteiger partial charge on any atom is 0.509 e. The van der Waals surface area contributed by atoms with Crippen LogP contribution in [0.25, 0.3) is 0 Å². The molecule has 0 amide bonds. The molecule has 1 heterocycles. The van der Waals surface area contributed by atoms with Crippen LogP contribution in [0.4, 0.5) is 12.9 Å². The highest BCUT2D eigenvalue weighted by Gasteiger charge is 2.27. The van der Waals surface area contributed by atoms with Crippen LogP contribution >= 0.6 is 0 Å². The average Bonchev–Trinajstić information content (AvgIpc) is 2.39. The maximum atomic E-state index is 12.7. The highest BCUT2D eigenvalue weighted by molar-refractivity contribution is 6.74. The Balaban J connectivity index is 1.87. The van der Waals surface area contributed by atoms with Crippen LogP contribution in [0.2, 0.25) is 0 Å². The molecule has 0 N–H and O–H groups in total. The van der Waals surface area contributed by atoms with Crippen molar-refractivity contribution in [2.45, 2.75) is 38.6 Å². The van der Waals surface area contributed by atoms with Gasteiger partial charge in [0.2, 0.25) is 0 Å². The first-order valence-corrected chi connectivity index (χ1v) is 7.51. The summed E-state index contributed by atoms with van der Waals surface area (Å²) in [5, 5.41) is 0. The molecule has 2 rings (SSSR count). The lowest BCUT2D eigenvalue weighted by Crippen LogP contribution is -2.37. The normalized spacial score (nSPS) is 20.5.